The minimum Gasteiger partial charge on any atom is -0.391 e. The van der Waals surface area contributed by atoms with Crippen LogP contribution < -0.4 is 0 Å². The van der Waals surface area contributed by atoms with Gasteiger partial charge in [0.25, 0.3) is 0 Å². The van der Waals surface area contributed by atoms with E-state index in [1.54, 1.807) is 35.8 Å². The highest BCUT2D eigenvalue weighted by Crippen LogP contribution is 2.32. The number of imidazole rings is 1. The molecule has 0 unspecified atom stereocenters. The molecular formula is C19H12Cl3N3OS2. The van der Waals surface area contributed by atoms with E-state index in [1.807, 2.05) is 40.2 Å². The molecule has 0 fully saturated rings. The molecule has 0 spiro atoms. The average molecular weight is 469 g/mol. The standard InChI is InChI=1S/C19H12Cl3N3OS2/c20-12-4-6-13(7-5-12)28-18-17(25-8-9-27-19(25)24-18)10-23-26-11-14-15(21)2-1-3-16(14)22/h1-10H,11H2/b23-10+. The van der Waals surface area contributed by atoms with Crippen molar-refractivity contribution in [1.82, 2.24) is 9.38 Å². The Hall–Kier alpha value is -1.70. The summed E-state index contributed by atoms with van der Waals surface area (Å²) in [7, 11) is 0. The lowest BCUT2D eigenvalue weighted by molar-refractivity contribution is 0.132. The van der Waals surface area contributed by atoms with Crippen molar-refractivity contribution in [2.45, 2.75) is 16.5 Å². The van der Waals surface area contributed by atoms with E-state index in [0.717, 1.165) is 20.6 Å². The number of aromatic nitrogens is 2. The highest BCUT2D eigenvalue weighted by molar-refractivity contribution is 7.99. The molecule has 0 bridgehead atoms. The van der Waals surface area contributed by atoms with E-state index < -0.39 is 0 Å². The summed E-state index contributed by atoms with van der Waals surface area (Å²) in [6.45, 7) is 0.181. The van der Waals surface area contributed by atoms with E-state index in [0.29, 0.717) is 20.6 Å². The largest absolute Gasteiger partial charge is 0.391 e. The summed E-state index contributed by atoms with van der Waals surface area (Å²) in [5, 5.41) is 8.70. The van der Waals surface area contributed by atoms with Crippen molar-refractivity contribution in [2.24, 2.45) is 5.16 Å². The normalized spacial score (nSPS) is 11.5. The summed E-state index contributed by atoms with van der Waals surface area (Å²) in [6.07, 6.45) is 3.60. The Morgan fingerprint density at radius 3 is 2.61 bits per heavy atom. The van der Waals surface area contributed by atoms with Gasteiger partial charge in [-0.25, -0.2) is 4.98 Å². The Balaban J connectivity index is 1.54. The molecule has 0 atom stereocenters. The summed E-state index contributed by atoms with van der Waals surface area (Å²) >= 11 is 21.4. The van der Waals surface area contributed by atoms with Crippen LogP contribution in [0, 0.1) is 0 Å². The van der Waals surface area contributed by atoms with Gasteiger partial charge >= 0.3 is 0 Å². The van der Waals surface area contributed by atoms with Crippen LogP contribution in [-0.4, -0.2) is 15.6 Å². The summed E-state index contributed by atoms with van der Waals surface area (Å²) < 4.78 is 1.97. The molecule has 4 nitrogen and oxygen atoms in total. The number of thiazole rings is 1. The molecular weight excluding hydrogens is 457 g/mol. The fourth-order valence-corrected chi connectivity index (χ4v) is 4.74. The highest BCUT2D eigenvalue weighted by atomic mass is 35.5. The van der Waals surface area contributed by atoms with E-state index >= 15 is 0 Å². The van der Waals surface area contributed by atoms with Crippen LogP contribution >= 0.6 is 57.9 Å². The third kappa shape index (κ3) is 4.31. The lowest BCUT2D eigenvalue weighted by Crippen LogP contribution is -1.94. The number of oxime groups is 1. The molecule has 0 amide bonds. The summed E-state index contributed by atoms with van der Waals surface area (Å²) in [4.78, 5) is 12.0. The third-order valence-corrected chi connectivity index (χ3v) is 6.53. The van der Waals surface area contributed by atoms with Gasteiger partial charge in [0.1, 0.15) is 17.3 Å². The summed E-state index contributed by atoms with van der Waals surface area (Å²) in [5.74, 6) is 0. The van der Waals surface area contributed by atoms with E-state index in [-0.39, 0.29) is 6.61 Å². The van der Waals surface area contributed by atoms with Crippen LogP contribution in [0.1, 0.15) is 11.3 Å². The molecule has 0 aliphatic carbocycles. The first kappa shape index (κ1) is 19.6. The van der Waals surface area contributed by atoms with Gasteiger partial charge in [-0.3, -0.25) is 4.40 Å². The van der Waals surface area contributed by atoms with Crippen molar-refractivity contribution in [1.29, 1.82) is 0 Å². The number of fused-ring (bicyclic) bond motifs is 1. The van der Waals surface area contributed by atoms with Crippen molar-refractivity contribution in [3.63, 3.8) is 0 Å². The molecule has 142 valence electrons. The number of hydrogen-bond donors (Lipinski definition) is 0. The molecule has 0 saturated heterocycles. The Kier molecular flexibility index (Phi) is 6.13. The van der Waals surface area contributed by atoms with Gasteiger partial charge in [0.05, 0.1) is 6.21 Å². The van der Waals surface area contributed by atoms with Gasteiger partial charge in [-0.2, -0.15) is 0 Å². The molecule has 2 aromatic carbocycles. The molecule has 0 aliphatic rings. The first-order valence-electron chi connectivity index (χ1n) is 8.09. The SMILES string of the molecule is Clc1ccc(Sc2nc3sccn3c2/C=N/OCc2c(Cl)cccc2Cl)cc1. The van der Waals surface area contributed by atoms with Crippen LogP contribution in [0.25, 0.3) is 4.96 Å². The predicted molar refractivity (Wildman–Crippen MR) is 117 cm³/mol. The van der Waals surface area contributed by atoms with Crippen LogP contribution in [-0.2, 0) is 11.4 Å². The second kappa shape index (κ2) is 8.76. The maximum absolute atomic E-state index is 6.16. The zero-order valence-corrected chi connectivity index (χ0v) is 18.1. The molecule has 2 aromatic heterocycles. The predicted octanol–water partition coefficient (Wildman–Crippen LogP) is 7.06. The maximum Gasteiger partial charge on any atom is 0.195 e. The van der Waals surface area contributed by atoms with Crippen molar-refractivity contribution in [3.05, 3.63) is 80.4 Å². The average Bonchev–Trinajstić information content (AvgIpc) is 3.24. The van der Waals surface area contributed by atoms with Gasteiger partial charge in [-0.15, -0.1) is 11.3 Å². The quantitative estimate of drug-likeness (QED) is 0.225. The van der Waals surface area contributed by atoms with Gasteiger partial charge in [0.2, 0.25) is 0 Å². The Morgan fingerprint density at radius 2 is 1.86 bits per heavy atom. The zero-order valence-electron chi connectivity index (χ0n) is 14.2. The smallest absolute Gasteiger partial charge is 0.195 e. The molecule has 0 N–H and O–H groups in total. The second-order valence-corrected chi connectivity index (χ2v) is 8.81. The Labute approximate surface area is 184 Å². The second-order valence-electron chi connectivity index (χ2n) is 5.62. The Morgan fingerprint density at radius 1 is 1.11 bits per heavy atom. The minimum atomic E-state index is 0.181. The van der Waals surface area contributed by atoms with Gasteiger partial charge in [-0.1, -0.05) is 57.8 Å². The van der Waals surface area contributed by atoms with Crippen LogP contribution in [0.4, 0.5) is 0 Å². The van der Waals surface area contributed by atoms with Crippen molar-refractivity contribution < 1.29 is 4.84 Å². The molecule has 4 aromatic rings. The molecule has 4 rings (SSSR count). The maximum atomic E-state index is 6.16. The molecule has 2 heterocycles. The lowest BCUT2D eigenvalue weighted by Gasteiger charge is -2.05. The number of halogens is 3. The fourth-order valence-electron chi connectivity index (χ4n) is 2.45. The van der Waals surface area contributed by atoms with Crippen LogP contribution in [0.3, 0.4) is 0 Å². The summed E-state index contributed by atoms with van der Waals surface area (Å²) in [6, 6.07) is 12.9. The number of rotatable bonds is 6. The topological polar surface area (TPSA) is 38.9 Å². The first-order valence-corrected chi connectivity index (χ1v) is 10.9. The fraction of sp³-hybridized carbons (Fsp3) is 0.0526. The van der Waals surface area contributed by atoms with Crippen molar-refractivity contribution in [3.8, 4) is 0 Å². The third-order valence-electron chi connectivity index (χ3n) is 3.81. The first-order chi connectivity index (χ1) is 13.6. The van der Waals surface area contributed by atoms with E-state index in [4.69, 9.17) is 39.6 Å². The summed E-state index contributed by atoms with van der Waals surface area (Å²) in [5.41, 5.74) is 1.54. The van der Waals surface area contributed by atoms with Crippen LogP contribution in [0.5, 0.6) is 0 Å². The lowest BCUT2D eigenvalue weighted by atomic mass is 10.2. The van der Waals surface area contributed by atoms with E-state index in [9.17, 15) is 0 Å². The van der Waals surface area contributed by atoms with Crippen LogP contribution in [0.2, 0.25) is 15.1 Å². The minimum absolute atomic E-state index is 0.181. The molecule has 9 heteroatoms. The monoisotopic (exact) mass is 467 g/mol. The molecule has 28 heavy (non-hydrogen) atoms. The number of nitrogens with zero attached hydrogens (tertiary/aromatic N) is 3. The molecule has 0 radical (unpaired) electrons. The Bertz CT molecular complexity index is 1120. The van der Waals surface area contributed by atoms with E-state index in [1.165, 1.54) is 11.8 Å². The van der Waals surface area contributed by atoms with Crippen molar-refractivity contribution in [2.75, 3.05) is 0 Å². The van der Waals surface area contributed by atoms with Gasteiger partial charge in [0, 0.05) is 37.1 Å². The highest BCUT2D eigenvalue weighted by Gasteiger charge is 2.13. The molecule has 0 saturated carbocycles. The van der Waals surface area contributed by atoms with Crippen molar-refractivity contribution >= 4 is 69.1 Å². The number of benzene rings is 2. The van der Waals surface area contributed by atoms with Gasteiger partial charge in [-0.05, 0) is 36.4 Å². The number of hydrogen-bond acceptors (Lipinski definition) is 5. The van der Waals surface area contributed by atoms with Crippen LogP contribution in [0.15, 0.2) is 69.1 Å². The van der Waals surface area contributed by atoms with E-state index in [2.05, 4.69) is 10.1 Å². The van der Waals surface area contributed by atoms with Gasteiger partial charge in [0.15, 0.2) is 4.96 Å². The zero-order chi connectivity index (χ0) is 19.5. The molecule has 0 aliphatic heterocycles. The van der Waals surface area contributed by atoms with Gasteiger partial charge < -0.3 is 4.84 Å².